The van der Waals surface area contributed by atoms with E-state index in [1.807, 2.05) is 6.19 Å². The minimum absolute atomic E-state index is 0.619. The van der Waals surface area contributed by atoms with E-state index in [1.165, 1.54) is 4.90 Å². The van der Waals surface area contributed by atoms with Crippen molar-refractivity contribution < 1.29 is 9.47 Å². The molecule has 4 nitrogen and oxygen atoms in total. The van der Waals surface area contributed by atoms with Gasteiger partial charge in [-0.1, -0.05) is 0 Å². The third-order valence-corrected chi connectivity index (χ3v) is 1.90. The molecular formula is C10H12N2O2. The molecule has 0 unspecified atom stereocenters. The van der Waals surface area contributed by atoms with Crippen molar-refractivity contribution in [3.05, 3.63) is 18.2 Å². The zero-order valence-corrected chi connectivity index (χ0v) is 8.44. The molecule has 0 aromatic heterocycles. The van der Waals surface area contributed by atoms with Crippen LogP contribution in [0.15, 0.2) is 18.2 Å². The number of ether oxygens (including phenoxy) is 2. The standard InChI is InChI=1S/C10H12N2O2/c1-12(7-11)9-5-4-8(13-2)6-10(9)14-3/h4-6H,1-3H3. The molecule has 0 aliphatic rings. The second kappa shape index (κ2) is 4.38. The Bertz CT molecular complexity index is 358. The molecule has 0 fully saturated rings. The number of benzene rings is 1. The predicted molar refractivity (Wildman–Crippen MR) is 53.6 cm³/mol. The van der Waals surface area contributed by atoms with Crippen LogP contribution in [-0.2, 0) is 0 Å². The number of nitrogens with zero attached hydrogens (tertiary/aromatic N) is 2. The number of hydrogen-bond acceptors (Lipinski definition) is 4. The first-order valence-electron chi connectivity index (χ1n) is 4.08. The van der Waals surface area contributed by atoms with Gasteiger partial charge >= 0.3 is 0 Å². The first-order valence-corrected chi connectivity index (χ1v) is 4.08. The zero-order valence-electron chi connectivity index (χ0n) is 8.44. The van der Waals surface area contributed by atoms with Crippen LogP contribution in [0.1, 0.15) is 0 Å². The molecule has 1 rings (SSSR count). The van der Waals surface area contributed by atoms with Crippen molar-refractivity contribution in [2.24, 2.45) is 0 Å². The molecule has 14 heavy (non-hydrogen) atoms. The molecule has 0 radical (unpaired) electrons. The van der Waals surface area contributed by atoms with Gasteiger partial charge in [0, 0.05) is 13.1 Å². The lowest BCUT2D eigenvalue weighted by Gasteiger charge is -2.14. The third kappa shape index (κ3) is 1.88. The number of hydrogen-bond donors (Lipinski definition) is 0. The van der Waals surface area contributed by atoms with Gasteiger partial charge in [-0.05, 0) is 12.1 Å². The molecule has 1 aromatic carbocycles. The molecule has 0 N–H and O–H groups in total. The van der Waals surface area contributed by atoms with E-state index in [2.05, 4.69) is 0 Å². The summed E-state index contributed by atoms with van der Waals surface area (Å²) in [5.41, 5.74) is 0.718. The summed E-state index contributed by atoms with van der Waals surface area (Å²) < 4.78 is 10.2. The van der Waals surface area contributed by atoms with E-state index in [1.54, 1.807) is 39.5 Å². The summed E-state index contributed by atoms with van der Waals surface area (Å²) in [4.78, 5) is 1.43. The van der Waals surface area contributed by atoms with Gasteiger partial charge in [-0.15, -0.1) is 0 Å². The molecule has 0 heterocycles. The van der Waals surface area contributed by atoms with Crippen LogP contribution in [0.5, 0.6) is 11.5 Å². The van der Waals surface area contributed by atoms with E-state index in [0.717, 1.165) is 5.69 Å². The molecular weight excluding hydrogens is 180 g/mol. The van der Waals surface area contributed by atoms with Gasteiger partial charge < -0.3 is 9.47 Å². The van der Waals surface area contributed by atoms with Crippen LogP contribution in [0.3, 0.4) is 0 Å². The van der Waals surface area contributed by atoms with Gasteiger partial charge in [-0.2, -0.15) is 5.26 Å². The summed E-state index contributed by atoms with van der Waals surface area (Å²) in [5.74, 6) is 1.32. The molecule has 74 valence electrons. The summed E-state index contributed by atoms with van der Waals surface area (Å²) in [6.45, 7) is 0. The van der Waals surface area contributed by atoms with E-state index in [0.29, 0.717) is 11.5 Å². The van der Waals surface area contributed by atoms with Crippen molar-refractivity contribution in [2.75, 3.05) is 26.2 Å². The van der Waals surface area contributed by atoms with E-state index in [9.17, 15) is 0 Å². The molecule has 0 atom stereocenters. The average Bonchev–Trinajstić information content (AvgIpc) is 2.27. The SMILES string of the molecule is COc1ccc(N(C)C#N)c(OC)c1. The zero-order chi connectivity index (χ0) is 10.6. The maximum atomic E-state index is 8.72. The van der Waals surface area contributed by atoms with E-state index < -0.39 is 0 Å². The molecule has 0 spiro atoms. The van der Waals surface area contributed by atoms with Gasteiger partial charge in [0.05, 0.1) is 19.9 Å². The van der Waals surface area contributed by atoms with Crippen LogP contribution in [0.4, 0.5) is 5.69 Å². The minimum Gasteiger partial charge on any atom is -0.497 e. The third-order valence-electron chi connectivity index (χ3n) is 1.90. The second-order valence-electron chi connectivity index (χ2n) is 2.70. The van der Waals surface area contributed by atoms with Crippen LogP contribution in [0.25, 0.3) is 0 Å². The summed E-state index contributed by atoms with van der Waals surface area (Å²) in [7, 11) is 4.82. The first kappa shape index (κ1) is 10.2. The fraction of sp³-hybridized carbons (Fsp3) is 0.300. The fourth-order valence-corrected chi connectivity index (χ4v) is 1.12. The number of rotatable bonds is 3. The van der Waals surface area contributed by atoms with Crippen molar-refractivity contribution in [1.82, 2.24) is 0 Å². The lowest BCUT2D eigenvalue weighted by Crippen LogP contribution is -2.09. The van der Waals surface area contributed by atoms with Crippen molar-refractivity contribution in [1.29, 1.82) is 5.26 Å². The minimum atomic E-state index is 0.619. The topological polar surface area (TPSA) is 45.5 Å². The predicted octanol–water partition coefficient (Wildman–Crippen LogP) is 1.62. The van der Waals surface area contributed by atoms with E-state index >= 15 is 0 Å². The largest absolute Gasteiger partial charge is 0.497 e. The van der Waals surface area contributed by atoms with E-state index in [-0.39, 0.29) is 0 Å². The fourth-order valence-electron chi connectivity index (χ4n) is 1.12. The molecule has 0 bridgehead atoms. The smallest absolute Gasteiger partial charge is 0.184 e. The van der Waals surface area contributed by atoms with Crippen LogP contribution >= 0.6 is 0 Å². The molecule has 0 aliphatic heterocycles. The number of methoxy groups -OCH3 is 2. The monoisotopic (exact) mass is 192 g/mol. The summed E-state index contributed by atoms with van der Waals surface area (Å²) in [6, 6.07) is 5.30. The van der Waals surface area contributed by atoms with Gasteiger partial charge in [-0.3, -0.25) is 4.90 Å². The van der Waals surface area contributed by atoms with Crippen molar-refractivity contribution in [2.45, 2.75) is 0 Å². The van der Waals surface area contributed by atoms with Gasteiger partial charge in [0.25, 0.3) is 0 Å². The van der Waals surface area contributed by atoms with Crippen LogP contribution in [0, 0.1) is 11.5 Å². The van der Waals surface area contributed by atoms with Crippen LogP contribution in [0.2, 0.25) is 0 Å². The molecule has 0 saturated carbocycles. The summed E-state index contributed by atoms with van der Waals surface area (Å²) in [5, 5.41) is 8.72. The van der Waals surface area contributed by atoms with Crippen molar-refractivity contribution in [3.63, 3.8) is 0 Å². The highest BCUT2D eigenvalue weighted by Gasteiger charge is 2.08. The number of anilines is 1. The van der Waals surface area contributed by atoms with Gasteiger partial charge in [0.2, 0.25) is 0 Å². The lowest BCUT2D eigenvalue weighted by atomic mass is 10.2. The highest BCUT2D eigenvalue weighted by atomic mass is 16.5. The highest BCUT2D eigenvalue weighted by molar-refractivity contribution is 5.62. The molecule has 0 amide bonds. The molecule has 1 aromatic rings. The molecule has 4 heteroatoms. The summed E-state index contributed by atoms with van der Waals surface area (Å²) in [6.07, 6.45) is 2.01. The Kier molecular flexibility index (Phi) is 3.19. The normalized spacial score (nSPS) is 9.00. The van der Waals surface area contributed by atoms with Gasteiger partial charge in [-0.25, -0.2) is 0 Å². The maximum Gasteiger partial charge on any atom is 0.184 e. The Morgan fingerprint density at radius 3 is 2.50 bits per heavy atom. The highest BCUT2D eigenvalue weighted by Crippen LogP contribution is 2.30. The average molecular weight is 192 g/mol. The molecule has 0 aliphatic carbocycles. The van der Waals surface area contributed by atoms with Crippen LogP contribution < -0.4 is 14.4 Å². The second-order valence-corrected chi connectivity index (χ2v) is 2.70. The Morgan fingerprint density at radius 2 is 2.00 bits per heavy atom. The summed E-state index contributed by atoms with van der Waals surface area (Å²) >= 11 is 0. The quantitative estimate of drug-likeness (QED) is 0.539. The van der Waals surface area contributed by atoms with Crippen molar-refractivity contribution in [3.8, 4) is 17.7 Å². The first-order chi connectivity index (χ1) is 6.72. The Labute approximate surface area is 83.3 Å². The Morgan fingerprint density at radius 1 is 1.29 bits per heavy atom. The van der Waals surface area contributed by atoms with E-state index in [4.69, 9.17) is 14.7 Å². The number of nitriles is 1. The maximum absolute atomic E-state index is 8.72. The lowest BCUT2D eigenvalue weighted by molar-refractivity contribution is 0.395. The van der Waals surface area contributed by atoms with Gasteiger partial charge in [0.1, 0.15) is 11.5 Å². The van der Waals surface area contributed by atoms with Gasteiger partial charge in [0.15, 0.2) is 6.19 Å². The van der Waals surface area contributed by atoms with Crippen LogP contribution in [-0.4, -0.2) is 21.3 Å². The molecule has 0 saturated heterocycles. The van der Waals surface area contributed by atoms with Crippen molar-refractivity contribution >= 4 is 5.69 Å². The Hall–Kier alpha value is -1.89. The Balaban J connectivity index is 3.12.